The molecule has 1 aliphatic rings. The van der Waals surface area contributed by atoms with Crippen LogP contribution in [0.15, 0.2) is 18.2 Å². The fraction of sp³-hybridized carbons (Fsp3) is 0.556. The van der Waals surface area contributed by atoms with Crippen molar-refractivity contribution in [1.29, 1.82) is 0 Å². The number of amides is 2. The van der Waals surface area contributed by atoms with Crippen LogP contribution in [0.3, 0.4) is 0 Å². The smallest absolute Gasteiger partial charge is 0.223 e. The summed E-state index contributed by atoms with van der Waals surface area (Å²) in [5, 5.41) is 7.00. The Labute approximate surface area is 153 Å². The van der Waals surface area contributed by atoms with Crippen LogP contribution >= 0.6 is 23.2 Å². The summed E-state index contributed by atoms with van der Waals surface area (Å²) in [7, 11) is 0. The SMILES string of the molecule is CCCCCNC(=O)C1CC1C(=O)NCCc1ccc(Cl)cc1Cl. The third-order valence-electron chi connectivity index (χ3n) is 4.25. The van der Waals surface area contributed by atoms with E-state index in [0.717, 1.165) is 24.8 Å². The summed E-state index contributed by atoms with van der Waals surface area (Å²) < 4.78 is 0. The van der Waals surface area contributed by atoms with Gasteiger partial charge in [-0.2, -0.15) is 0 Å². The van der Waals surface area contributed by atoms with Crippen LogP contribution in [0, 0.1) is 11.8 Å². The molecule has 0 bridgehead atoms. The highest BCUT2D eigenvalue weighted by molar-refractivity contribution is 6.35. The molecule has 0 heterocycles. The molecule has 2 unspecified atom stereocenters. The van der Waals surface area contributed by atoms with Gasteiger partial charge in [-0.25, -0.2) is 0 Å². The van der Waals surface area contributed by atoms with Gasteiger partial charge in [0.15, 0.2) is 0 Å². The van der Waals surface area contributed by atoms with Crippen LogP contribution in [0.1, 0.15) is 38.2 Å². The van der Waals surface area contributed by atoms with Crippen molar-refractivity contribution in [1.82, 2.24) is 10.6 Å². The van der Waals surface area contributed by atoms with Crippen LogP contribution in [0.4, 0.5) is 0 Å². The first kappa shape index (κ1) is 19.1. The molecule has 0 aromatic heterocycles. The standard InChI is InChI=1S/C18H24Cl2N2O2/c1-2-3-4-8-21-17(23)14-11-15(14)18(24)22-9-7-12-5-6-13(19)10-16(12)20/h5-6,10,14-15H,2-4,7-9,11H2,1H3,(H,21,23)(H,22,24). The lowest BCUT2D eigenvalue weighted by Crippen LogP contribution is -2.31. The molecule has 1 saturated carbocycles. The number of nitrogens with one attached hydrogen (secondary N) is 2. The van der Waals surface area contributed by atoms with E-state index in [4.69, 9.17) is 23.2 Å². The van der Waals surface area contributed by atoms with Crippen molar-refractivity contribution in [2.75, 3.05) is 13.1 Å². The minimum atomic E-state index is -0.183. The van der Waals surface area contributed by atoms with Crippen LogP contribution in [0.5, 0.6) is 0 Å². The number of hydrogen-bond acceptors (Lipinski definition) is 2. The first-order chi connectivity index (χ1) is 11.5. The molecule has 1 aromatic carbocycles. The summed E-state index contributed by atoms with van der Waals surface area (Å²) in [6.07, 6.45) is 4.52. The van der Waals surface area contributed by atoms with Crippen LogP contribution in [0.25, 0.3) is 0 Å². The summed E-state index contributed by atoms with van der Waals surface area (Å²) in [6.45, 7) is 3.33. The lowest BCUT2D eigenvalue weighted by molar-refractivity contribution is -0.127. The highest BCUT2D eigenvalue weighted by Crippen LogP contribution is 2.38. The largest absolute Gasteiger partial charge is 0.356 e. The van der Waals surface area contributed by atoms with E-state index in [9.17, 15) is 9.59 Å². The van der Waals surface area contributed by atoms with Crippen molar-refractivity contribution in [2.24, 2.45) is 11.8 Å². The Hall–Kier alpha value is -1.26. The average molecular weight is 371 g/mol. The second-order valence-corrected chi connectivity index (χ2v) is 7.07. The van der Waals surface area contributed by atoms with Crippen molar-refractivity contribution in [3.05, 3.63) is 33.8 Å². The van der Waals surface area contributed by atoms with E-state index < -0.39 is 0 Å². The second-order valence-electron chi connectivity index (χ2n) is 6.22. The molecule has 4 nitrogen and oxygen atoms in total. The highest BCUT2D eigenvalue weighted by atomic mass is 35.5. The molecule has 1 aromatic rings. The van der Waals surface area contributed by atoms with E-state index >= 15 is 0 Å². The van der Waals surface area contributed by atoms with Crippen molar-refractivity contribution in [3.8, 4) is 0 Å². The van der Waals surface area contributed by atoms with Gasteiger partial charge in [-0.3, -0.25) is 9.59 Å². The molecule has 2 amide bonds. The lowest BCUT2D eigenvalue weighted by Gasteiger charge is -2.07. The van der Waals surface area contributed by atoms with E-state index in [0.29, 0.717) is 36.0 Å². The molecule has 132 valence electrons. The van der Waals surface area contributed by atoms with E-state index in [1.54, 1.807) is 12.1 Å². The number of unbranched alkanes of at least 4 members (excludes halogenated alkanes) is 2. The van der Waals surface area contributed by atoms with Gasteiger partial charge >= 0.3 is 0 Å². The summed E-state index contributed by atoms with van der Waals surface area (Å²) in [4.78, 5) is 24.0. The molecule has 2 rings (SSSR count). The highest BCUT2D eigenvalue weighted by Gasteiger charge is 2.47. The topological polar surface area (TPSA) is 58.2 Å². The van der Waals surface area contributed by atoms with Crippen molar-refractivity contribution in [2.45, 2.75) is 39.0 Å². The number of carbonyl (C=O) groups excluding carboxylic acids is 2. The quantitative estimate of drug-likeness (QED) is 0.652. The van der Waals surface area contributed by atoms with Crippen LogP contribution in [-0.2, 0) is 16.0 Å². The first-order valence-electron chi connectivity index (χ1n) is 8.52. The molecular formula is C18H24Cl2N2O2. The van der Waals surface area contributed by atoms with E-state index in [1.165, 1.54) is 0 Å². The monoisotopic (exact) mass is 370 g/mol. The van der Waals surface area contributed by atoms with Gasteiger partial charge in [-0.05, 0) is 37.0 Å². The predicted molar refractivity (Wildman–Crippen MR) is 97.3 cm³/mol. The summed E-state index contributed by atoms with van der Waals surface area (Å²) >= 11 is 12.0. The van der Waals surface area contributed by atoms with Gasteiger partial charge in [0.05, 0.1) is 11.8 Å². The Morgan fingerprint density at radius 2 is 1.75 bits per heavy atom. The van der Waals surface area contributed by atoms with Gasteiger partial charge in [0.1, 0.15) is 0 Å². The number of rotatable bonds is 9. The fourth-order valence-electron chi connectivity index (χ4n) is 2.67. The maximum absolute atomic E-state index is 12.1. The minimum Gasteiger partial charge on any atom is -0.356 e. The Morgan fingerprint density at radius 1 is 1.08 bits per heavy atom. The van der Waals surface area contributed by atoms with Crippen LogP contribution in [-0.4, -0.2) is 24.9 Å². The van der Waals surface area contributed by atoms with Crippen molar-refractivity contribution >= 4 is 35.0 Å². The van der Waals surface area contributed by atoms with Gasteiger partial charge < -0.3 is 10.6 Å². The van der Waals surface area contributed by atoms with E-state index in [-0.39, 0.29) is 23.7 Å². The minimum absolute atomic E-state index is 0.00648. The first-order valence-corrected chi connectivity index (χ1v) is 9.28. The average Bonchev–Trinajstić information content (AvgIpc) is 3.34. The second kappa shape index (κ2) is 9.28. The van der Waals surface area contributed by atoms with E-state index in [2.05, 4.69) is 17.6 Å². The third-order valence-corrected chi connectivity index (χ3v) is 4.84. The van der Waals surface area contributed by atoms with Gasteiger partial charge in [0.25, 0.3) is 0 Å². The van der Waals surface area contributed by atoms with Crippen molar-refractivity contribution in [3.63, 3.8) is 0 Å². The van der Waals surface area contributed by atoms with Gasteiger partial charge in [0, 0.05) is 23.1 Å². The Bertz CT molecular complexity index is 592. The molecule has 0 saturated heterocycles. The van der Waals surface area contributed by atoms with Gasteiger partial charge in [0.2, 0.25) is 11.8 Å². The maximum atomic E-state index is 12.1. The zero-order valence-corrected chi connectivity index (χ0v) is 15.4. The number of benzene rings is 1. The Kier molecular flexibility index (Phi) is 7.38. The molecule has 1 fully saturated rings. The molecule has 0 spiro atoms. The van der Waals surface area contributed by atoms with E-state index in [1.807, 2.05) is 6.07 Å². The molecule has 6 heteroatoms. The van der Waals surface area contributed by atoms with Crippen molar-refractivity contribution < 1.29 is 9.59 Å². The van der Waals surface area contributed by atoms with Crippen LogP contribution < -0.4 is 10.6 Å². The molecular weight excluding hydrogens is 347 g/mol. The number of carbonyl (C=O) groups is 2. The zero-order chi connectivity index (χ0) is 17.5. The lowest BCUT2D eigenvalue weighted by atomic mass is 10.1. The number of halogens is 2. The predicted octanol–water partition coefficient (Wildman–Crippen LogP) is 3.59. The molecule has 24 heavy (non-hydrogen) atoms. The molecule has 0 radical (unpaired) electrons. The molecule has 2 atom stereocenters. The summed E-state index contributed by atoms with van der Waals surface area (Å²) in [5.74, 6) is -0.386. The van der Waals surface area contributed by atoms with Gasteiger partial charge in [-0.1, -0.05) is 49.0 Å². The van der Waals surface area contributed by atoms with Gasteiger partial charge in [-0.15, -0.1) is 0 Å². The molecule has 2 N–H and O–H groups in total. The Balaban J connectivity index is 1.66. The molecule has 0 aliphatic heterocycles. The summed E-state index contributed by atoms with van der Waals surface area (Å²) in [6, 6.07) is 5.34. The summed E-state index contributed by atoms with van der Waals surface area (Å²) in [5.41, 5.74) is 0.947. The number of hydrogen-bond donors (Lipinski definition) is 2. The maximum Gasteiger partial charge on any atom is 0.223 e. The normalized spacial score (nSPS) is 19.0. The third kappa shape index (κ3) is 5.67. The molecule has 1 aliphatic carbocycles. The fourth-order valence-corrected chi connectivity index (χ4v) is 3.17. The van der Waals surface area contributed by atoms with Crippen LogP contribution in [0.2, 0.25) is 10.0 Å². The Morgan fingerprint density at radius 3 is 2.38 bits per heavy atom. The zero-order valence-electron chi connectivity index (χ0n) is 13.9.